The van der Waals surface area contributed by atoms with E-state index in [0.717, 1.165) is 24.3 Å². The van der Waals surface area contributed by atoms with Crippen molar-refractivity contribution in [2.75, 3.05) is 13.3 Å². The van der Waals surface area contributed by atoms with Crippen LogP contribution in [0.25, 0.3) is 0 Å². The minimum atomic E-state index is 0.342. The van der Waals surface area contributed by atoms with Gasteiger partial charge in [0.1, 0.15) is 0 Å². The summed E-state index contributed by atoms with van der Waals surface area (Å²) in [6, 6.07) is 5.97. The highest BCUT2D eigenvalue weighted by Crippen LogP contribution is 2.35. The van der Waals surface area contributed by atoms with Crippen LogP contribution in [0.15, 0.2) is 18.2 Å². The van der Waals surface area contributed by atoms with Gasteiger partial charge in [-0.1, -0.05) is 12.1 Å². The van der Waals surface area contributed by atoms with Gasteiger partial charge in [0.25, 0.3) is 0 Å². The monoisotopic (exact) mass is 179 g/mol. The van der Waals surface area contributed by atoms with Crippen molar-refractivity contribution in [2.45, 2.75) is 12.8 Å². The maximum absolute atomic E-state index is 5.45. The van der Waals surface area contributed by atoms with Crippen molar-refractivity contribution in [1.29, 1.82) is 0 Å². The molecule has 3 heteroatoms. The van der Waals surface area contributed by atoms with Gasteiger partial charge in [-0.05, 0) is 31.0 Å². The molecule has 0 fully saturated rings. The Hall–Kier alpha value is -1.22. The molecule has 2 N–H and O–H groups in total. The van der Waals surface area contributed by atoms with E-state index in [9.17, 15) is 0 Å². The molecule has 1 aliphatic rings. The normalized spacial score (nSPS) is 13.3. The van der Waals surface area contributed by atoms with E-state index in [0.29, 0.717) is 13.3 Å². The van der Waals surface area contributed by atoms with E-state index in [1.807, 2.05) is 12.1 Å². The van der Waals surface area contributed by atoms with Gasteiger partial charge in [0.05, 0.1) is 0 Å². The predicted octanol–water partition coefficient (Wildman–Crippen LogP) is 1.31. The first kappa shape index (κ1) is 8.38. The first-order valence-electron chi connectivity index (χ1n) is 4.49. The SMILES string of the molecule is NCCCc1cccc2c1OCO2. The van der Waals surface area contributed by atoms with Crippen LogP contribution in [0.3, 0.4) is 0 Å². The Morgan fingerprint density at radius 3 is 3.08 bits per heavy atom. The van der Waals surface area contributed by atoms with Crippen molar-refractivity contribution in [3.63, 3.8) is 0 Å². The molecule has 0 amide bonds. The molecule has 1 aliphatic heterocycles. The number of hydrogen-bond donors (Lipinski definition) is 1. The number of aryl methyl sites for hydroxylation is 1. The third-order valence-corrected chi connectivity index (χ3v) is 2.13. The third kappa shape index (κ3) is 1.60. The average Bonchev–Trinajstić information content (AvgIpc) is 2.62. The van der Waals surface area contributed by atoms with Crippen molar-refractivity contribution in [1.82, 2.24) is 0 Å². The summed E-state index contributed by atoms with van der Waals surface area (Å²) in [6.07, 6.45) is 1.95. The number of para-hydroxylation sites is 1. The molecular weight excluding hydrogens is 166 g/mol. The van der Waals surface area contributed by atoms with Crippen molar-refractivity contribution in [3.05, 3.63) is 23.8 Å². The van der Waals surface area contributed by atoms with Crippen molar-refractivity contribution in [3.8, 4) is 11.5 Å². The molecule has 0 saturated carbocycles. The van der Waals surface area contributed by atoms with E-state index in [2.05, 4.69) is 6.07 Å². The summed E-state index contributed by atoms with van der Waals surface area (Å²) in [5.41, 5.74) is 6.64. The second-order valence-corrected chi connectivity index (χ2v) is 3.04. The van der Waals surface area contributed by atoms with Gasteiger partial charge in [0, 0.05) is 0 Å². The van der Waals surface area contributed by atoms with E-state index < -0.39 is 0 Å². The molecule has 0 aromatic heterocycles. The molecule has 0 aliphatic carbocycles. The Labute approximate surface area is 77.5 Å². The topological polar surface area (TPSA) is 44.5 Å². The van der Waals surface area contributed by atoms with Crippen molar-refractivity contribution < 1.29 is 9.47 Å². The molecule has 0 radical (unpaired) electrons. The number of nitrogens with two attached hydrogens (primary N) is 1. The lowest BCUT2D eigenvalue weighted by Crippen LogP contribution is -2.01. The fourth-order valence-corrected chi connectivity index (χ4v) is 1.48. The first-order valence-corrected chi connectivity index (χ1v) is 4.49. The molecule has 0 unspecified atom stereocenters. The molecule has 0 spiro atoms. The Morgan fingerprint density at radius 2 is 2.23 bits per heavy atom. The molecular formula is C10H13NO2. The van der Waals surface area contributed by atoms with Crippen molar-refractivity contribution in [2.24, 2.45) is 5.73 Å². The summed E-state index contributed by atoms with van der Waals surface area (Å²) in [5, 5.41) is 0. The summed E-state index contributed by atoms with van der Waals surface area (Å²) in [4.78, 5) is 0. The van der Waals surface area contributed by atoms with Gasteiger partial charge in [0.2, 0.25) is 6.79 Å². The summed E-state index contributed by atoms with van der Waals surface area (Å²) in [6.45, 7) is 1.06. The van der Waals surface area contributed by atoms with Crippen LogP contribution >= 0.6 is 0 Å². The molecule has 70 valence electrons. The van der Waals surface area contributed by atoms with Crippen LogP contribution in [-0.2, 0) is 6.42 Å². The molecule has 0 atom stereocenters. The zero-order valence-corrected chi connectivity index (χ0v) is 7.45. The van der Waals surface area contributed by atoms with Crippen molar-refractivity contribution >= 4 is 0 Å². The lowest BCUT2D eigenvalue weighted by atomic mass is 10.1. The Balaban J connectivity index is 2.20. The van der Waals surface area contributed by atoms with E-state index in [1.165, 1.54) is 5.56 Å². The van der Waals surface area contributed by atoms with Crippen LogP contribution in [0.5, 0.6) is 11.5 Å². The fourth-order valence-electron chi connectivity index (χ4n) is 1.48. The van der Waals surface area contributed by atoms with Crippen LogP contribution in [0.1, 0.15) is 12.0 Å². The van der Waals surface area contributed by atoms with Gasteiger partial charge in [0.15, 0.2) is 11.5 Å². The van der Waals surface area contributed by atoms with Crippen LogP contribution in [0, 0.1) is 0 Å². The van der Waals surface area contributed by atoms with Gasteiger partial charge < -0.3 is 15.2 Å². The smallest absolute Gasteiger partial charge is 0.231 e. The van der Waals surface area contributed by atoms with Crippen LogP contribution in [0.4, 0.5) is 0 Å². The van der Waals surface area contributed by atoms with Gasteiger partial charge in [-0.15, -0.1) is 0 Å². The zero-order chi connectivity index (χ0) is 9.10. The summed E-state index contributed by atoms with van der Waals surface area (Å²) >= 11 is 0. The number of hydrogen-bond acceptors (Lipinski definition) is 3. The quantitative estimate of drug-likeness (QED) is 0.760. The number of rotatable bonds is 3. The molecule has 0 saturated heterocycles. The molecule has 1 aromatic rings. The molecule has 1 aromatic carbocycles. The summed E-state index contributed by atoms with van der Waals surface area (Å²) in [5.74, 6) is 1.76. The van der Waals surface area contributed by atoms with Gasteiger partial charge in [-0.25, -0.2) is 0 Å². The minimum Gasteiger partial charge on any atom is -0.454 e. The molecule has 13 heavy (non-hydrogen) atoms. The Kier molecular flexibility index (Phi) is 2.36. The average molecular weight is 179 g/mol. The Morgan fingerprint density at radius 1 is 1.31 bits per heavy atom. The lowest BCUT2D eigenvalue weighted by Gasteiger charge is -2.03. The van der Waals surface area contributed by atoms with Gasteiger partial charge in [-0.3, -0.25) is 0 Å². The maximum atomic E-state index is 5.45. The number of ether oxygens (including phenoxy) is 2. The molecule has 0 bridgehead atoms. The number of fused-ring (bicyclic) bond motifs is 1. The highest BCUT2D eigenvalue weighted by Gasteiger charge is 2.16. The maximum Gasteiger partial charge on any atom is 0.231 e. The first-order chi connectivity index (χ1) is 6.42. The van der Waals surface area contributed by atoms with Gasteiger partial charge in [-0.2, -0.15) is 0 Å². The van der Waals surface area contributed by atoms with Gasteiger partial charge >= 0.3 is 0 Å². The molecule has 3 nitrogen and oxygen atoms in total. The predicted molar refractivity (Wildman–Crippen MR) is 49.9 cm³/mol. The fraction of sp³-hybridized carbons (Fsp3) is 0.400. The third-order valence-electron chi connectivity index (χ3n) is 2.13. The van der Waals surface area contributed by atoms with Crippen LogP contribution in [0.2, 0.25) is 0 Å². The summed E-state index contributed by atoms with van der Waals surface area (Å²) < 4.78 is 10.6. The second kappa shape index (κ2) is 3.66. The standard InChI is InChI=1S/C10H13NO2/c11-6-2-4-8-3-1-5-9-10(8)13-7-12-9/h1,3,5H,2,4,6-7,11H2. The van der Waals surface area contributed by atoms with Crippen LogP contribution < -0.4 is 15.2 Å². The Bertz CT molecular complexity index is 299. The van der Waals surface area contributed by atoms with E-state index in [4.69, 9.17) is 15.2 Å². The largest absolute Gasteiger partial charge is 0.454 e. The summed E-state index contributed by atoms with van der Waals surface area (Å²) in [7, 11) is 0. The minimum absolute atomic E-state index is 0.342. The van der Waals surface area contributed by atoms with E-state index in [-0.39, 0.29) is 0 Å². The second-order valence-electron chi connectivity index (χ2n) is 3.04. The highest BCUT2D eigenvalue weighted by atomic mass is 16.7. The zero-order valence-electron chi connectivity index (χ0n) is 7.45. The lowest BCUT2D eigenvalue weighted by molar-refractivity contribution is 0.173. The van der Waals surface area contributed by atoms with E-state index in [1.54, 1.807) is 0 Å². The number of benzene rings is 1. The molecule has 2 rings (SSSR count). The van der Waals surface area contributed by atoms with E-state index >= 15 is 0 Å². The van der Waals surface area contributed by atoms with Crippen LogP contribution in [-0.4, -0.2) is 13.3 Å². The molecule has 1 heterocycles. The highest BCUT2D eigenvalue weighted by molar-refractivity contribution is 5.48.